The van der Waals surface area contributed by atoms with Gasteiger partial charge in [-0.1, -0.05) is 11.8 Å². The predicted molar refractivity (Wildman–Crippen MR) is 99.6 cm³/mol. The molecule has 10 heteroatoms. The lowest BCUT2D eigenvalue weighted by atomic mass is 10.1. The van der Waals surface area contributed by atoms with E-state index in [-0.39, 0.29) is 0 Å². The number of aliphatic imine (C=N–C) groups is 1. The van der Waals surface area contributed by atoms with E-state index in [1.807, 2.05) is 25.3 Å². The van der Waals surface area contributed by atoms with Crippen molar-refractivity contribution >= 4 is 31.0 Å². The van der Waals surface area contributed by atoms with Gasteiger partial charge in [-0.05, 0) is 56.4 Å². The second-order valence-corrected chi connectivity index (χ2v) is 6.58. The molecule has 2 aromatic rings. The first-order valence-corrected chi connectivity index (χ1v) is 9.24. The molecule has 134 valence electrons. The number of rotatable bonds is 6. The number of nitrogens with zero attached hydrogens (tertiary/aromatic N) is 6. The van der Waals surface area contributed by atoms with E-state index in [4.69, 9.17) is 0 Å². The van der Waals surface area contributed by atoms with Crippen molar-refractivity contribution in [3.05, 3.63) is 46.7 Å². The van der Waals surface area contributed by atoms with E-state index in [1.165, 1.54) is 11.8 Å². The molecule has 0 spiro atoms. The van der Waals surface area contributed by atoms with E-state index in [0.717, 1.165) is 15.8 Å². The SMILES string of the molecule is CSc1nnc(CCC2=N/C(=C\c3c(C)cc(C)n3B(F)F)C=C2)nn1. The molecule has 0 aromatic carbocycles. The van der Waals surface area contributed by atoms with Gasteiger partial charge in [0.1, 0.15) is 0 Å². The van der Waals surface area contributed by atoms with Crippen molar-refractivity contribution in [3.8, 4) is 0 Å². The van der Waals surface area contributed by atoms with Crippen LogP contribution < -0.4 is 0 Å². The molecule has 0 radical (unpaired) electrons. The largest absolute Gasteiger partial charge is 0.677 e. The van der Waals surface area contributed by atoms with Crippen molar-refractivity contribution in [3.63, 3.8) is 0 Å². The highest BCUT2D eigenvalue weighted by atomic mass is 32.2. The monoisotopic (exact) mass is 374 g/mol. The van der Waals surface area contributed by atoms with E-state index in [9.17, 15) is 8.63 Å². The Hall–Kier alpha value is -2.36. The molecule has 0 N–H and O–H groups in total. The minimum absolute atomic E-state index is 0.478. The molecule has 3 rings (SSSR count). The lowest BCUT2D eigenvalue weighted by Crippen LogP contribution is -2.16. The zero-order valence-corrected chi connectivity index (χ0v) is 15.5. The van der Waals surface area contributed by atoms with Gasteiger partial charge in [0.15, 0.2) is 5.82 Å². The fourth-order valence-corrected chi connectivity index (χ4v) is 2.97. The number of hydrogen-bond acceptors (Lipinski definition) is 6. The van der Waals surface area contributed by atoms with Crippen molar-refractivity contribution in [2.45, 2.75) is 31.8 Å². The van der Waals surface area contributed by atoms with Gasteiger partial charge in [0.25, 0.3) is 0 Å². The van der Waals surface area contributed by atoms with Crippen molar-refractivity contribution in [1.29, 1.82) is 0 Å². The first kappa shape index (κ1) is 18.4. The van der Waals surface area contributed by atoms with Gasteiger partial charge in [0.05, 0.1) is 5.70 Å². The summed E-state index contributed by atoms with van der Waals surface area (Å²) >= 11 is 1.38. The smallest absolute Gasteiger partial charge is 0.329 e. The van der Waals surface area contributed by atoms with Crippen molar-refractivity contribution in [2.24, 2.45) is 4.99 Å². The van der Waals surface area contributed by atoms with Gasteiger partial charge >= 0.3 is 7.40 Å². The summed E-state index contributed by atoms with van der Waals surface area (Å²) in [5.74, 6) is 0.550. The van der Waals surface area contributed by atoms with E-state index < -0.39 is 7.40 Å². The second kappa shape index (κ2) is 7.90. The molecular formula is C16H17BF2N6S. The summed E-state index contributed by atoms with van der Waals surface area (Å²) in [5, 5.41) is 16.5. The van der Waals surface area contributed by atoms with Crippen LogP contribution in [-0.4, -0.2) is 44.2 Å². The zero-order chi connectivity index (χ0) is 18.7. The predicted octanol–water partition coefficient (Wildman–Crippen LogP) is 3.16. The Kier molecular flexibility index (Phi) is 5.60. The lowest BCUT2D eigenvalue weighted by Gasteiger charge is -2.05. The molecule has 0 saturated heterocycles. The molecule has 0 atom stereocenters. The Balaban J connectivity index is 1.72. The molecule has 0 fully saturated rings. The van der Waals surface area contributed by atoms with Crippen LogP contribution in [0.3, 0.4) is 0 Å². The Bertz CT molecular complexity index is 889. The Morgan fingerprint density at radius 3 is 2.50 bits per heavy atom. The van der Waals surface area contributed by atoms with Crippen LogP contribution in [0.2, 0.25) is 0 Å². The van der Waals surface area contributed by atoms with Gasteiger partial charge in [0, 0.05) is 23.5 Å². The summed E-state index contributed by atoms with van der Waals surface area (Å²) in [5.41, 5.74) is 3.30. The average Bonchev–Trinajstić information content (AvgIpc) is 3.18. The summed E-state index contributed by atoms with van der Waals surface area (Å²) in [6, 6.07) is 1.75. The molecular weight excluding hydrogens is 357 g/mol. The van der Waals surface area contributed by atoms with Crippen LogP contribution in [0, 0.1) is 13.8 Å². The molecule has 0 aliphatic carbocycles. The number of aromatic nitrogens is 5. The number of halogens is 2. The van der Waals surface area contributed by atoms with Gasteiger partial charge in [-0.2, -0.15) is 0 Å². The molecule has 26 heavy (non-hydrogen) atoms. The molecule has 2 aromatic heterocycles. The highest BCUT2D eigenvalue weighted by Crippen LogP contribution is 2.22. The maximum absolute atomic E-state index is 13.3. The molecule has 0 bridgehead atoms. The van der Waals surface area contributed by atoms with Gasteiger partial charge in [-0.3, -0.25) is 13.6 Å². The van der Waals surface area contributed by atoms with E-state index in [1.54, 1.807) is 19.1 Å². The zero-order valence-electron chi connectivity index (χ0n) is 14.6. The van der Waals surface area contributed by atoms with Crippen LogP contribution >= 0.6 is 11.8 Å². The van der Waals surface area contributed by atoms with Crippen molar-refractivity contribution < 1.29 is 8.63 Å². The Morgan fingerprint density at radius 1 is 1.12 bits per heavy atom. The molecule has 3 heterocycles. The van der Waals surface area contributed by atoms with Gasteiger partial charge in [0.2, 0.25) is 5.16 Å². The second-order valence-electron chi connectivity index (χ2n) is 5.81. The molecule has 1 aliphatic rings. The van der Waals surface area contributed by atoms with Crippen LogP contribution in [0.15, 0.2) is 34.1 Å². The van der Waals surface area contributed by atoms with Crippen molar-refractivity contribution in [2.75, 3.05) is 6.26 Å². The third kappa shape index (κ3) is 4.06. The first-order chi connectivity index (χ1) is 12.5. The molecule has 0 unspecified atom stereocenters. The standard InChI is InChI=1S/C16H17BF2N6S/c1-10-8-11(2)25(17(18)19)14(10)9-13-5-4-12(20-13)6-7-15-21-23-16(26-3)24-22-15/h4-5,8-9H,6-7H2,1-3H3/b13-9-. The van der Waals surface area contributed by atoms with Gasteiger partial charge in [-0.15, -0.1) is 20.4 Å². The Morgan fingerprint density at radius 2 is 1.85 bits per heavy atom. The van der Waals surface area contributed by atoms with E-state index in [0.29, 0.717) is 40.9 Å². The molecule has 0 saturated carbocycles. The number of aryl methyl sites for hydroxylation is 3. The molecule has 0 amide bonds. The number of allylic oxidation sites excluding steroid dienone is 2. The fourth-order valence-electron chi connectivity index (χ4n) is 2.72. The van der Waals surface area contributed by atoms with Crippen LogP contribution in [-0.2, 0) is 6.42 Å². The molecule has 6 nitrogen and oxygen atoms in total. The maximum Gasteiger partial charge on any atom is 0.677 e. The number of thioether (sulfide) groups is 1. The first-order valence-electron chi connectivity index (χ1n) is 8.02. The Labute approximate surface area is 154 Å². The summed E-state index contributed by atoms with van der Waals surface area (Å²) < 4.78 is 27.6. The van der Waals surface area contributed by atoms with E-state index >= 15 is 0 Å². The lowest BCUT2D eigenvalue weighted by molar-refractivity contribution is 0.624. The van der Waals surface area contributed by atoms with E-state index in [2.05, 4.69) is 25.4 Å². The summed E-state index contributed by atoms with van der Waals surface area (Å²) in [7, 11) is -2.58. The minimum atomic E-state index is -2.58. The summed E-state index contributed by atoms with van der Waals surface area (Å²) in [4.78, 5) is 4.49. The fraction of sp³-hybridized carbons (Fsp3) is 0.312. The van der Waals surface area contributed by atoms with Crippen LogP contribution in [0.1, 0.15) is 29.2 Å². The average molecular weight is 374 g/mol. The highest BCUT2D eigenvalue weighted by molar-refractivity contribution is 7.98. The van der Waals surface area contributed by atoms with Crippen LogP contribution in [0.25, 0.3) is 6.08 Å². The topological polar surface area (TPSA) is 68.8 Å². The normalized spacial score (nSPS) is 15.0. The molecule has 1 aliphatic heterocycles. The van der Waals surface area contributed by atoms with Crippen molar-refractivity contribution in [1.82, 2.24) is 24.9 Å². The highest BCUT2D eigenvalue weighted by Gasteiger charge is 2.23. The van der Waals surface area contributed by atoms with Gasteiger partial charge in [-0.25, -0.2) is 0 Å². The third-order valence-corrected chi connectivity index (χ3v) is 4.49. The van der Waals surface area contributed by atoms with Crippen LogP contribution in [0.4, 0.5) is 8.63 Å². The number of hydrogen-bond donors (Lipinski definition) is 0. The summed E-state index contributed by atoms with van der Waals surface area (Å²) in [6.07, 6.45) is 8.44. The maximum atomic E-state index is 13.3. The summed E-state index contributed by atoms with van der Waals surface area (Å²) in [6.45, 7) is 3.49. The minimum Gasteiger partial charge on any atom is -0.329 e. The quantitative estimate of drug-likeness (QED) is 0.574. The van der Waals surface area contributed by atoms with Crippen LogP contribution in [0.5, 0.6) is 0 Å². The third-order valence-electron chi connectivity index (χ3n) is 3.96. The van der Waals surface area contributed by atoms with Gasteiger partial charge < -0.3 is 4.48 Å².